The predicted octanol–water partition coefficient (Wildman–Crippen LogP) is 5.93. The number of amides is 4. The van der Waals surface area contributed by atoms with E-state index in [-0.39, 0.29) is 30.2 Å². The molecule has 222 valence electrons. The Morgan fingerprint density at radius 1 is 0.810 bits per heavy atom. The summed E-state index contributed by atoms with van der Waals surface area (Å²) in [5.41, 5.74) is 0.321. The molecule has 1 saturated heterocycles. The van der Waals surface area contributed by atoms with E-state index >= 15 is 0 Å². The van der Waals surface area contributed by atoms with Crippen LogP contribution in [0.1, 0.15) is 40.1 Å². The summed E-state index contributed by atoms with van der Waals surface area (Å²) < 4.78 is 53.2. The van der Waals surface area contributed by atoms with E-state index in [4.69, 9.17) is 0 Å². The lowest BCUT2D eigenvalue weighted by atomic mass is 10.1. The summed E-state index contributed by atoms with van der Waals surface area (Å²) in [6, 6.07) is 14.4. The molecule has 1 heterocycles. The first-order chi connectivity index (χ1) is 20.0. The Hall–Kier alpha value is -4.61. The van der Waals surface area contributed by atoms with Gasteiger partial charge in [0.2, 0.25) is 0 Å². The number of urea groups is 1. The number of hydrogen-bond donors (Lipinski definition) is 2. The third-order valence-electron chi connectivity index (χ3n) is 7.00. The molecular weight excluding hydrogens is 554 g/mol. The number of nitrogens with zero attached hydrogens (tertiary/aromatic N) is 3. The highest BCUT2D eigenvalue weighted by Gasteiger charge is 2.31. The second-order valence-electron chi connectivity index (χ2n) is 9.63. The van der Waals surface area contributed by atoms with E-state index in [0.717, 1.165) is 12.1 Å². The van der Waals surface area contributed by atoms with E-state index in [1.807, 2.05) is 18.7 Å². The Labute approximate surface area is 240 Å². The Morgan fingerprint density at radius 2 is 1.48 bits per heavy atom. The van der Waals surface area contributed by atoms with Crippen molar-refractivity contribution in [3.63, 3.8) is 0 Å². The monoisotopic (exact) mass is 585 g/mol. The van der Waals surface area contributed by atoms with Crippen molar-refractivity contribution in [2.75, 3.05) is 54.8 Å². The Bertz CT molecular complexity index is 1450. The predicted molar refractivity (Wildman–Crippen MR) is 152 cm³/mol. The zero-order valence-corrected chi connectivity index (χ0v) is 23.2. The molecule has 0 bridgehead atoms. The zero-order valence-electron chi connectivity index (χ0n) is 23.2. The minimum atomic E-state index is -4.53. The van der Waals surface area contributed by atoms with Crippen LogP contribution in [0.4, 0.5) is 39.4 Å². The van der Waals surface area contributed by atoms with Gasteiger partial charge in [-0.05, 0) is 62.4 Å². The first kappa shape index (κ1) is 30.4. The average Bonchev–Trinajstić information content (AvgIpc) is 2.97. The van der Waals surface area contributed by atoms with Crippen molar-refractivity contribution in [1.82, 2.24) is 9.80 Å². The van der Waals surface area contributed by atoms with Gasteiger partial charge in [0.25, 0.3) is 11.8 Å². The van der Waals surface area contributed by atoms with Crippen molar-refractivity contribution in [2.45, 2.75) is 20.0 Å². The van der Waals surface area contributed by atoms with Crippen LogP contribution in [-0.4, -0.2) is 66.9 Å². The summed E-state index contributed by atoms with van der Waals surface area (Å²) in [5, 5.41) is 5.18. The molecule has 3 aromatic rings. The van der Waals surface area contributed by atoms with Gasteiger partial charge in [-0.1, -0.05) is 18.2 Å². The zero-order chi connectivity index (χ0) is 30.4. The Kier molecular flexibility index (Phi) is 9.34. The van der Waals surface area contributed by atoms with E-state index in [1.165, 1.54) is 35.2 Å². The van der Waals surface area contributed by atoms with Gasteiger partial charge in [-0.3, -0.25) is 9.59 Å². The van der Waals surface area contributed by atoms with E-state index < -0.39 is 29.5 Å². The third kappa shape index (κ3) is 6.99. The quantitative estimate of drug-likeness (QED) is 0.337. The number of hydrogen-bond acceptors (Lipinski definition) is 4. The standard InChI is InChI=1S/C30H31F4N5O3/c1-3-37(4-2)28(41)24-19-22(35-27(40)23-10-5-6-11-25(23)31)12-13-26(24)38-14-16-39(17-15-38)29(42)36-21-9-7-8-20(18-21)30(32,33)34/h5-13,18-19H,3-4,14-17H2,1-2H3,(H,35,40)(H,36,42). The van der Waals surface area contributed by atoms with Crippen LogP contribution in [0.3, 0.4) is 0 Å². The van der Waals surface area contributed by atoms with Gasteiger partial charge in [0.15, 0.2) is 0 Å². The number of carbonyl (C=O) groups excluding carboxylic acids is 3. The van der Waals surface area contributed by atoms with Crippen molar-refractivity contribution < 1.29 is 31.9 Å². The van der Waals surface area contributed by atoms with Crippen molar-refractivity contribution in [3.05, 3.63) is 89.2 Å². The molecule has 0 saturated carbocycles. The van der Waals surface area contributed by atoms with Crippen LogP contribution in [0.25, 0.3) is 0 Å². The van der Waals surface area contributed by atoms with Gasteiger partial charge in [0.05, 0.1) is 16.7 Å². The molecule has 1 fully saturated rings. The highest BCUT2D eigenvalue weighted by molar-refractivity contribution is 6.06. The molecule has 12 heteroatoms. The van der Waals surface area contributed by atoms with Gasteiger partial charge < -0.3 is 25.3 Å². The molecule has 8 nitrogen and oxygen atoms in total. The number of piperazine rings is 1. The number of nitrogens with one attached hydrogen (secondary N) is 2. The fourth-order valence-electron chi connectivity index (χ4n) is 4.71. The molecule has 4 rings (SSSR count). The van der Waals surface area contributed by atoms with Crippen LogP contribution in [0.15, 0.2) is 66.7 Å². The molecule has 2 N–H and O–H groups in total. The van der Waals surface area contributed by atoms with E-state index in [9.17, 15) is 31.9 Å². The summed E-state index contributed by atoms with van der Waals surface area (Å²) in [4.78, 5) is 44.0. The van der Waals surface area contributed by atoms with E-state index in [2.05, 4.69) is 10.6 Å². The number of anilines is 3. The van der Waals surface area contributed by atoms with Crippen molar-refractivity contribution in [3.8, 4) is 0 Å². The first-order valence-electron chi connectivity index (χ1n) is 13.5. The molecule has 0 aromatic heterocycles. The van der Waals surface area contributed by atoms with Gasteiger partial charge in [-0.25, -0.2) is 9.18 Å². The molecule has 42 heavy (non-hydrogen) atoms. The van der Waals surface area contributed by atoms with E-state index in [1.54, 1.807) is 29.2 Å². The third-order valence-corrected chi connectivity index (χ3v) is 7.00. The minimum Gasteiger partial charge on any atom is -0.367 e. The van der Waals surface area contributed by atoms with Crippen LogP contribution in [0, 0.1) is 5.82 Å². The van der Waals surface area contributed by atoms with Crippen LogP contribution >= 0.6 is 0 Å². The van der Waals surface area contributed by atoms with Crippen molar-refractivity contribution >= 4 is 34.9 Å². The molecule has 0 aliphatic carbocycles. The highest BCUT2D eigenvalue weighted by atomic mass is 19.4. The smallest absolute Gasteiger partial charge is 0.367 e. The van der Waals surface area contributed by atoms with Gasteiger partial charge in [0, 0.05) is 56.3 Å². The topological polar surface area (TPSA) is 85.0 Å². The van der Waals surface area contributed by atoms with Crippen LogP contribution in [-0.2, 0) is 6.18 Å². The molecule has 1 aliphatic rings. The summed E-state index contributed by atoms with van der Waals surface area (Å²) in [6.07, 6.45) is -4.53. The normalized spacial score (nSPS) is 13.5. The molecule has 0 unspecified atom stereocenters. The molecule has 0 spiro atoms. The maximum absolute atomic E-state index is 14.1. The van der Waals surface area contributed by atoms with Crippen molar-refractivity contribution in [1.29, 1.82) is 0 Å². The Morgan fingerprint density at radius 3 is 2.12 bits per heavy atom. The summed E-state index contributed by atoms with van der Waals surface area (Å²) in [7, 11) is 0. The van der Waals surface area contributed by atoms with Crippen molar-refractivity contribution in [2.24, 2.45) is 0 Å². The maximum atomic E-state index is 14.1. The lowest BCUT2D eigenvalue weighted by molar-refractivity contribution is -0.137. The number of halogens is 4. The number of alkyl halides is 3. The van der Waals surface area contributed by atoms with E-state index in [0.29, 0.717) is 43.1 Å². The fourth-order valence-corrected chi connectivity index (χ4v) is 4.71. The highest BCUT2D eigenvalue weighted by Crippen LogP contribution is 2.31. The average molecular weight is 586 g/mol. The molecular formula is C30H31F4N5O3. The Balaban J connectivity index is 1.50. The molecule has 4 amide bonds. The lowest BCUT2D eigenvalue weighted by Gasteiger charge is -2.37. The molecule has 3 aromatic carbocycles. The van der Waals surface area contributed by atoms with Crippen LogP contribution in [0.2, 0.25) is 0 Å². The summed E-state index contributed by atoms with van der Waals surface area (Å²) in [6.45, 7) is 5.86. The fraction of sp³-hybridized carbons (Fsp3) is 0.300. The summed E-state index contributed by atoms with van der Waals surface area (Å²) in [5.74, 6) is -1.56. The number of benzene rings is 3. The second-order valence-corrected chi connectivity index (χ2v) is 9.63. The maximum Gasteiger partial charge on any atom is 0.416 e. The summed E-state index contributed by atoms with van der Waals surface area (Å²) >= 11 is 0. The molecule has 1 aliphatic heterocycles. The van der Waals surface area contributed by atoms with Gasteiger partial charge in [-0.15, -0.1) is 0 Å². The lowest BCUT2D eigenvalue weighted by Crippen LogP contribution is -2.50. The SMILES string of the molecule is CCN(CC)C(=O)c1cc(NC(=O)c2ccccc2F)ccc1N1CCN(C(=O)Nc2cccc(C(F)(F)F)c2)CC1. The van der Waals surface area contributed by atoms with Gasteiger partial charge in [-0.2, -0.15) is 13.2 Å². The minimum absolute atomic E-state index is 0.0392. The first-order valence-corrected chi connectivity index (χ1v) is 13.5. The molecule has 0 radical (unpaired) electrons. The van der Waals surface area contributed by atoms with Gasteiger partial charge >= 0.3 is 12.2 Å². The van der Waals surface area contributed by atoms with Gasteiger partial charge in [0.1, 0.15) is 5.82 Å². The second kappa shape index (κ2) is 12.9. The number of carbonyl (C=O) groups is 3. The largest absolute Gasteiger partial charge is 0.416 e. The van der Waals surface area contributed by atoms with Crippen LogP contribution in [0.5, 0.6) is 0 Å². The number of rotatable bonds is 7. The van der Waals surface area contributed by atoms with Crippen LogP contribution < -0.4 is 15.5 Å². The molecule has 0 atom stereocenters.